The van der Waals surface area contributed by atoms with Crippen molar-refractivity contribution in [3.05, 3.63) is 88.9 Å². The van der Waals surface area contributed by atoms with Crippen LogP contribution in [0.5, 0.6) is 5.75 Å². The van der Waals surface area contributed by atoms with E-state index < -0.39 is 16.1 Å². The molecule has 8 heteroatoms. The zero-order valence-corrected chi connectivity index (χ0v) is 18.3. The molecule has 156 valence electrons. The van der Waals surface area contributed by atoms with Crippen molar-refractivity contribution in [3.63, 3.8) is 0 Å². The third-order valence-corrected chi connectivity index (χ3v) is 7.40. The number of ether oxygens (including phenoxy) is 1. The van der Waals surface area contributed by atoms with Gasteiger partial charge in [-0.15, -0.1) is 11.3 Å². The van der Waals surface area contributed by atoms with Crippen molar-refractivity contribution in [2.75, 3.05) is 7.11 Å². The molecule has 0 saturated heterocycles. The highest BCUT2D eigenvalue weighted by Crippen LogP contribution is 2.32. The Kier molecular flexibility index (Phi) is 6.00. The molecule has 31 heavy (non-hydrogen) atoms. The van der Waals surface area contributed by atoms with Crippen LogP contribution in [-0.2, 0) is 16.4 Å². The first kappa shape index (κ1) is 21.0. The molecule has 4 aromatic rings. The number of nitriles is 1. The molecule has 0 saturated carbocycles. The SMILES string of the molecule is COc1ccc2nc([C@H](Cc3ccc(C#N)cc3)NS(=O)(=O)c3ccccc3)sc2c1. The van der Waals surface area contributed by atoms with Crippen LogP contribution in [0.15, 0.2) is 77.7 Å². The number of rotatable bonds is 7. The molecule has 1 N–H and O–H groups in total. The fourth-order valence-corrected chi connectivity index (χ4v) is 5.53. The van der Waals surface area contributed by atoms with E-state index in [1.165, 1.54) is 11.3 Å². The van der Waals surface area contributed by atoms with E-state index in [9.17, 15) is 8.42 Å². The Bertz CT molecular complexity index is 1340. The summed E-state index contributed by atoms with van der Waals surface area (Å²) in [5.74, 6) is 0.719. The largest absolute Gasteiger partial charge is 0.497 e. The third-order valence-electron chi connectivity index (χ3n) is 4.78. The van der Waals surface area contributed by atoms with Crippen molar-refractivity contribution in [2.45, 2.75) is 17.4 Å². The van der Waals surface area contributed by atoms with Gasteiger partial charge in [0.05, 0.1) is 39.9 Å². The monoisotopic (exact) mass is 449 g/mol. The maximum Gasteiger partial charge on any atom is 0.241 e. The van der Waals surface area contributed by atoms with Gasteiger partial charge in [-0.1, -0.05) is 30.3 Å². The summed E-state index contributed by atoms with van der Waals surface area (Å²) in [6.45, 7) is 0. The van der Waals surface area contributed by atoms with Crippen LogP contribution in [0.4, 0.5) is 0 Å². The van der Waals surface area contributed by atoms with Crippen LogP contribution < -0.4 is 9.46 Å². The lowest BCUT2D eigenvalue weighted by Gasteiger charge is -2.17. The molecule has 1 aromatic heterocycles. The number of sulfonamides is 1. The topological polar surface area (TPSA) is 92.1 Å². The molecule has 0 radical (unpaired) electrons. The summed E-state index contributed by atoms with van der Waals surface area (Å²) in [7, 11) is -2.15. The highest BCUT2D eigenvalue weighted by atomic mass is 32.2. The van der Waals surface area contributed by atoms with Gasteiger partial charge in [-0.2, -0.15) is 5.26 Å². The van der Waals surface area contributed by atoms with Crippen molar-refractivity contribution >= 4 is 31.6 Å². The molecule has 3 aromatic carbocycles. The van der Waals surface area contributed by atoms with Crippen molar-refractivity contribution in [2.24, 2.45) is 0 Å². The van der Waals surface area contributed by atoms with Gasteiger partial charge in [-0.25, -0.2) is 18.1 Å². The van der Waals surface area contributed by atoms with Crippen LogP contribution in [0.3, 0.4) is 0 Å². The number of hydrogen-bond acceptors (Lipinski definition) is 6. The lowest BCUT2D eigenvalue weighted by Crippen LogP contribution is -2.30. The smallest absolute Gasteiger partial charge is 0.241 e. The number of thiazole rings is 1. The molecule has 0 bridgehead atoms. The number of benzene rings is 3. The van der Waals surface area contributed by atoms with Gasteiger partial charge in [-0.3, -0.25) is 0 Å². The number of hydrogen-bond donors (Lipinski definition) is 1. The molecule has 0 unspecified atom stereocenters. The number of fused-ring (bicyclic) bond motifs is 1. The highest BCUT2D eigenvalue weighted by molar-refractivity contribution is 7.89. The molecule has 0 aliphatic heterocycles. The minimum Gasteiger partial charge on any atom is -0.497 e. The Balaban J connectivity index is 1.72. The Morgan fingerprint density at radius 2 is 1.84 bits per heavy atom. The van der Waals surface area contributed by atoms with Gasteiger partial charge in [0, 0.05) is 0 Å². The van der Waals surface area contributed by atoms with E-state index in [1.807, 2.05) is 30.3 Å². The standard InChI is InChI=1S/C23H19N3O3S2/c1-29-18-11-12-20-22(14-18)30-23(25-20)21(13-16-7-9-17(15-24)10-8-16)26-31(27,28)19-5-3-2-4-6-19/h2-12,14,21,26H,13H2,1H3/t21-/m0/s1. The zero-order valence-electron chi connectivity index (χ0n) is 16.6. The molecule has 0 spiro atoms. The summed E-state index contributed by atoms with van der Waals surface area (Å²) in [6.07, 6.45) is 0.398. The van der Waals surface area contributed by atoms with E-state index in [0.29, 0.717) is 17.0 Å². The number of aromatic nitrogens is 1. The maximum atomic E-state index is 13.0. The van der Waals surface area contributed by atoms with Crippen molar-refractivity contribution in [3.8, 4) is 11.8 Å². The molecule has 4 rings (SSSR count). The normalized spacial score (nSPS) is 12.4. The minimum atomic E-state index is -3.75. The Morgan fingerprint density at radius 3 is 2.52 bits per heavy atom. The summed E-state index contributed by atoms with van der Waals surface area (Å²) >= 11 is 1.43. The van der Waals surface area contributed by atoms with Crippen LogP contribution in [0.2, 0.25) is 0 Å². The zero-order chi connectivity index (χ0) is 21.8. The lowest BCUT2D eigenvalue weighted by atomic mass is 10.1. The summed E-state index contributed by atoms with van der Waals surface area (Å²) in [6, 6.07) is 22.5. The second-order valence-electron chi connectivity index (χ2n) is 6.89. The van der Waals surface area contributed by atoms with Gasteiger partial charge < -0.3 is 4.74 Å². The van der Waals surface area contributed by atoms with E-state index >= 15 is 0 Å². The first-order valence-corrected chi connectivity index (χ1v) is 11.8. The van der Waals surface area contributed by atoms with Crippen molar-refractivity contribution in [1.82, 2.24) is 9.71 Å². The van der Waals surface area contributed by atoms with Crippen LogP contribution in [0.25, 0.3) is 10.2 Å². The van der Waals surface area contributed by atoms with Crippen molar-refractivity contribution in [1.29, 1.82) is 5.26 Å². The van der Waals surface area contributed by atoms with Gasteiger partial charge in [0.2, 0.25) is 10.0 Å². The van der Waals surface area contributed by atoms with Crippen LogP contribution in [-0.4, -0.2) is 20.5 Å². The predicted molar refractivity (Wildman–Crippen MR) is 121 cm³/mol. The second kappa shape index (κ2) is 8.86. The van der Waals surface area contributed by atoms with Crippen molar-refractivity contribution < 1.29 is 13.2 Å². The Hall–Kier alpha value is -3.25. The second-order valence-corrected chi connectivity index (χ2v) is 9.66. The molecule has 0 amide bonds. The average Bonchev–Trinajstić information content (AvgIpc) is 3.23. The number of nitrogens with zero attached hydrogens (tertiary/aromatic N) is 2. The molecule has 1 heterocycles. The summed E-state index contributed by atoms with van der Waals surface area (Å²) in [4.78, 5) is 4.88. The van der Waals surface area contributed by atoms with E-state index in [1.54, 1.807) is 49.6 Å². The maximum absolute atomic E-state index is 13.0. The van der Waals surface area contributed by atoms with E-state index in [4.69, 9.17) is 10.00 Å². The van der Waals surface area contributed by atoms with E-state index in [0.717, 1.165) is 21.5 Å². The summed E-state index contributed by atoms with van der Waals surface area (Å²) in [5, 5.41) is 9.69. The first-order chi connectivity index (χ1) is 15.0. The molecule has 0 aliphatic carbocycles. The predicted octanol–water partition coefficient (Wildman–Crippen LogP) is 4.44. The Morgan fingerprint density at radius 1 is 1.10 bits per heavy atom. The van der Waals surface area contributed by atoms with Gasteiger partial charge in [0.1, 0.15) is 10.8 Å². The van der Waals surface area contributed by atoms with Crippen LogP contribution in [0.1, 0.15) is 22.2 Å². The number of methoxy groups -OCH3 is 1. The molecular weight excluding hydrogens is 430 g/mol. The van der Waals surface area contributed by atoms with Gasteiger partial charge in [0.25, 0.3) is 0 Å². The summed E-state index contributed by atoms with van der Waals surface area (Å²) < 4.78 is 35.1. The third kappa shape index (κ3) is 4.75. The minimum absolute atomic E-state index is 0.197. The first-order valence-electron chi connectivity index (χ1n) is 9.49. The quantitative estimate of drug-likeness (QED) is 0.450. The van der Waals surface area contributed by atoms with E-state index in [-0.39, 0.29) is 4.90 Å². The molecule has 0 fully saturated rings. The lowest BCUT2D eigenvalue weighted by molar-refractivity contribution is 0.415. The fourth-order valence-electron chi connectivity index (χ4n) is 3.18. The van der Waals surface area contributed by atoms with Gasteiger partial charge >= 0.3 is 0 Å². The highest BCUT2D eigenvalue weighted by Gasteiger charge is 2.24. The molecule has 6 nitrogen and oxygen atoms in total. The average molecular weight is 450 g/mol. The molecule has 1 atom stereocenters. The molecular formula is C23H19N3O3S2. The Labute approximate surface area is 184 Å². The van der Waals surface area contributed by atoms with Crippen LogP contribution in [0, 0.1) is 11.3 Å². The molecule has 0 aliphatic rings. The van der Waals surface area contributed by atoms with Gasteiger partial charge in [-0.05, 0) is 54.4 Å². The fraction of sp³-hybridized carbons (Fsp3) is 0.130. The summed E-state index contributed by atoms with van der Waals surface area (Å²) in [5.41, 5.74) is 2.23. The van der Waals surface area contributed by atoms with E-state index in [2.05, 4.69) is 15.8 Å². The van der Waals surface area contributed by atoms with Crippen LogP contribution >= 0.6 is 11.3 Å². The number of nitrogens with one attached hydrogen (secondary N) is 1. The van der Waals surface area contributed by atoms with Gasteiger partial charge in [0.15, 0.2) is 0 Å².